The summed E-state index contributed by atoms with van der Waals surface area (Å²) in [5, 5.41) is 7.97. The fourth-order valence-corrected chi connectivity index (χ4v) is 2.84. The SMILES string of the molecule is CCN1C(=O)C(Cl)C[C-]=C1c1ccc(OCC#N)cc1Br.[Y]. The van der Waals surface area contributed by atoms with Crippen molar-refractivity contribution in [2.75, 3.05) is 13.2 Å². The molecule has 2 rings (SSSR count). The minimum atomic E-state index is -0.550. The van der Waals surface area contributed by atoms with Gasteiger partial charge in [0.15, 0.2) is 6.61 Å². The number of nitriles is 1. The van der Waals surface area contributed by atoms with Crippen LogP contribution in [-0.2, 0) is 37.5 Å². The van der Waals surface area contributed by atoms with E-state index >= 15 is 0 Å². The fourth-order valence-electron chi connectivity index (χ4n) is 2.10. The molecule has 0 bridgehead atoms. The predicted molar refractivity (Wildman–Crippen MR) is 83.5 cm³/mol. The Morgan fingerprint density at radius 1 is 1.59 bits per heavy atom. The number of carbonyl (C=O) groups excluding carboxylic acids is 1. The molecule has 0 saturated carbocycles. The second kappa shape index (κ2) is 9.03. The van der Waals surface area contributed by atoms with Crippen LogP contribution in [0.15, 0.2) is 22.7 Å². The summed E-state index contributed by atoms with van der Waals surface area (Å²) in [7, 11) is 0. The molecular formula is C15H13BrClN2O2Y-. The summed E-state index contributed by atoms with van der Waals surface area (Å²) in [5.41, 5.74) is 1.57. The van der Waals surface area contributed by atoms with Gasteiger partial charge in [0.2, 0.25) is 5.91 Å². The molecule has 0 aliphatic carbocycles. The minimum absolute atomic E-state index is 0. The number of alkyl halides is 1. The van der Waals surface area contributed by atoms with Crippen molar-refractivity contribution in [1.82, 2.24) is 4.90 Å². The summed E-state index contributed by atoms with van der Waals surface area (Å²) in [6, 6.07) is 7.29. The molecule has 22 heavy (non-hydrogen) atoms. The van der Waals surface area contributed by atoms with Gasteiger partial charge in [-0.1, -0.05) is 26.8 Å². The van der Waals surface area contributed by atoms with E-state index in [1.165, 1.54) is 0 Å². The van der Waals surface area contributed by atoms with Gasteiger partial charge in [-0.3, -0.25) is 4.79 Å². The van der Waals surface area contributed by atoms with Crippen LogP contribution in [0.3, 0.4) is 0 Å². The first-order chi connectivity index (χ1) is 10.1. The number of amides is 1. The standard InChI is InChI=1S/C15H13BrClN2O2.Y/c1-2-19-14(6-5-13(17)15(19)20)11-4-3-10(9-12(11)16)21-8-7-18;/h3-4,9,13H,2,5,8H2,1H3;/q-1;. The number of benzene rings is 1. The van der Waals surface area contributed by atoms with E-state index in [1.807, 2.05) is 19.1 Å². The number of rotatable bonds is 4. The average Bonchev–Trinajstić information content (AvgIpc) is 2.48. The van der Waals surface area contributed by atoms with Crippen LogP contribution in [0.2, 0.25) is 0 Å². The van der Waals surface area contributed by atoms with Crippen molar-refractivity contribution in [1.29, 1.82) is 5.26 Å². The Morgan fingerprint density at radius 2 is 2.32 bits per heavy atom. The van der Waals surface area contributed by atoms with Crippen LogP contribution in [0.25, 0.3) is 5.70 Å². The Morgan fingerprint density at radius 3 is 2.91 bits per heavy atom. The predicted octanol–water partition coefficient (Wildman–Crippen LogP) is 3.35. The van der Waals surface area contributed by atoms with Crippen LogP contribution >= 0.6 is 27.5 Å². The molecule has 1 heterocycles. The normalized spacial score (nSPS) is 17.4. The maximum Gasteiger partial charge on any atom is 0.241 e. The molecule has 1 amide bonds. The summed E-state index contributed by atoms with van der Waals surface area (Å²) in [6.45, 7) is 2.42. The van der Waals surface area contributed by atoms with Crippen molar-refractivity contribution < 1.29 is 42.2 Å². The van der Waals surface area contributed by atoms with Crippen molar-refractivity contribution in [2.24, 2.45) is 0 Å². The van der Waals surface area contributed by atoms with Crippen molar-refractivity contribution in [3.8, 4) is 11.8 Å². The molecule has 1 aromatic carbocycles. The first-order valence-corrected chi connectivity index (χ1v) is 7.67. The third-order valence-corrected chi connectivity index (χ3v) is 4.06. The molecule has 7 heteroatoms. The summed E-state index contributed by atoms with van der Waals surface area (Å²) in [4.78, 5) is 13.7. The van der Waals surface area contributed by atoms with Crippen LogP contribution in [0.5, 0.6) is 5.75 Å². The summed E-state index contributed by atoms with van der Waals surface area (Å²) in [5.74, 6) is 0.484. The largest absolute Gasteiger partial charge is 0.479 e. The van der Waals surface area contributed by atoms with Crippen molar-refractivity contribution in [3.63, 3.8) is 0 Å². The zero-order valence-electron chi connectivity index (χ0n) is 12.0. The molecule has 0 spiro atoms. The molecular weight excluding hydrogens is 444 g/mol. The molecule has 1 atom stereocenters. The van der Waals surface area contributed by atoms with Crippen molar-refractivity contribution in [2.45, 2.75) is 18.7 Å². The van der Waals surface area contributed by atoms with Gasteiger partial charge >= 0.3 is 0 Å². The molecule has 1 unspecified atom stereocenters. The van der Waals surface area contributed by atoms with Gasteiger partial charge < -0.3 is 9.64 Å². The van der Waals surface area contributed by atoms with Gasteiger partial charge in [-0.25, -0.2) is 6.08 Å². The van der Waals surface area contributed by atoms with E-state index in [0.29, 0.717) is 18.7 Å². The van der Waals surface area contributed by atoms with Gasteiger partial charge in [0.05, 0.1) is 0 Å². The Kier molecular flexibility index (Phi) is 8.06. The summed E-state index contributed by atoms with van der Waals surface area (Å²) < 4.78 is 6.02. The van der Waals surface area contributed by atoms with Gasteiger partial charge in [0, 0.05) is 39.3 Å². The monoisotopic (exact) mass is 456 g/mol. The second-order valence-electron chi connectivity index (χ2n) is 4.37. The quantitative estimate of drug-likeness (QED) is 0.515. The second-order valence-corrected chi connectivity index (χ2v) is 5.75. The first kappa shape index (κ1) is 19.6. The molecule has 4 nitrogen and oxygen atoms in total. The Balaban J connectivity index is 0.00000242. The summed E-state index contributed by atoms with van der Waals surface area (Å²) in [6.07, 6.45) is 3.58. The van der Waals surface area contributed by atoms with Crippen molar-refractivity contribution in [3.05, 3.63) is 34.3 Å². The van der Waals surface area contributed by atoms with Crippen molar-refractivity contribution >= 4 is 39.1 Å². The van der Waals surface area contributed by atoms with E-state index in [2.05, 4.69) is 22.0 Å². The number of hydrogen-bond donors (Lipinski definition) is 0. The fraction of sp³-hybridized carbons (Fsp3) is 0.333. The first-order valence-electron chi connectivity index (χ1n) is 6.44. The zero-order valence-corrected chi connectivity index (χ0v) is 17.2. The van der Waals surface area contributed by atoms with Crippen LogP contribution in [0.1, 0.15) is 18.9 Å². The third kappa shape index (κ3) is 4.32. The number of hydrogen-bond acceptors (Lipinski definition) is 3. The van der Waals surface area contributed by atoms with Gasteiger partial charge in [-0.2, -0.15) is 5.26 Å². The molecule has 0 saturated heterocycles. The molecule has 1 radical (unpaired) electrons. The van der Waals surface area contributed by atoms with Crippen LogP contribution in [0.4, 0.5) is 0 Å². The molecule has 0 N–H and O–H groups in total. The third-order valence-electron chi connectivity index (χ3n) is 3.07. The van der Waals surface area contributed by atoms with Crippen LogP contribution in [0, 0.1) is 17.4 Å². The van der Waals surface area contributed by atoms with E-state index in [4.69, 9.17) is 21.6 Å². The Bertz CT molecular complexity index is 630. The molecule has 1 aliphatic heterocycles. The number of allylic oxidation sites excluding steroid dienone is 1. The maximum atomic E-state index is 12.1. The van der Waals surface area contributed by atoms with Gasteiger partial charge in [-0.15, -0.1) is 28.9 Å². The van der Waals surface area contributed by atoms with E-state index < -0.39 is 5.38 Å². The molecule has 1 aliphatic rings. The smallest absolute Gasteiger partial charge is 0.241 e. The van der Waals surface area contributed by atoms with Crippen LogP contribution < -0.4 is 4.74 Å². The number of carbonyl (C=O) groups is 1. The van der Waals surface area contributed by atoms with E-state index in [0.717, 1.165) is 15.7 Å². The molecule has 0 aromatic heterocycles. The summed E-state index contributed by atoms with van der Waals surface area (Å²) >= 11 is 9.46. The Hall–Kier alpha value is -0.406. The van der Waals surface area contributed by atoms with Gasteiger partial charge in [0.25, 0.3) is 0 Å². The number of halogens is 2. The van der Waals surface area contributed by atoms with Gasteiger partial charge in [-0.05, 0) is 19.1 Å². The van der Waals surface area contributed by atoms with E-state index in [9.17, 15) is 4.79 Å². The average molecular weight is 458 g/mol. The Labute approximate surface area is 168 Å². The number of ether oxygens (including phenoxy) is 1. The molecule has 0 fully saturated rings. The minimum Gasteiger partial charge on any atom is -0.479 e. The maximum absolute atomic E-state index is 12.1. The topological polar surface area (TPSA) is 53.3 Å². The van der Waals surface area contributed by atoms with E-state index in [1.54, 1.807) is 17.0 Å². The zero-order chi connectivity index (χ0) is 15.4. The molecule has 1 aromatic rings. The number of nitrogens with zero attached hydrogens (tertiary/aromatic N) is 2. The molecule has 113 valence electrons. The van der Waals surface area contributed by atoms with Gasteiger partial charge in [0.1, 0.15) is 17.2 Å². The van der Waals surface area contributed by atoms with Crippen LogP contribution in [-0.4, -0.2) is 29.3 Å². The van der Waals surface area contributed by atoms with E-state index in [-0.39, 0.29) is 45.2 Å².